The van der Waals surface area contributed by atoms with Crippen LogP contribution in [0.5, 0.6) is 0 Å². The minimum absolute atomic E-state index is 0.253. The van der Waals surface area contributed by atoms with Gasteiger partial charge in [-0.15, -0.1) is 0 Å². The minimum atomic E-state index is -0.253. The summed E-state index contributed by atoms with van der Waals surface area (Å²) >= 11 is 1.65. The van der Waals surface area contributed by atoms with Gasteiger partial charge in [0.25, 0.3) is 0 Å². The van der Waals surface area contributed by atoms with Gasteiger partial charge in [-0.1, -0.05) is 78.5 Å². The molecule has 0 unspecified atom stereocenters. The van der Waals surface area contributed by atoms with Crippen LogP contribution in [0.25, 0.3) is 16.9 Å². The average molecular weight is 360 g/mol. The number of hydrogen-bond donors (Lipinski definition) is 0. The summed E-state index contributed by atoms with van der Waals surface area (Å²) in [6, 6.07) is 26.9. The SMILES string of the molecule is Fc1cccc(-n2cc(-c3ccccc3)nc2SCc2ccccc2)c1. The molecule has 1 aromatic heterocycles. The van der Waals surface area contributed by atoms with Crippen LogP contribution >= 0.6 is 11.8 Å². The first-order valence-corrected chi connectivity index (χ1v) is 9.35. The van der Waals surface area contributed by atoms with Gasteiger partial charge in [-0.25, -0.2) is 9.37 Å². The second-order valence-corrected chi connectivity index (χ2v) is 6.84. The molecule has 1 heterocycles. The Kier molecular flexibility index (Phi) is 4.84. The molecule has 0 saturated carbocycles. The Morgan fingerprint density at radius 1 is 0.846 bits per heavy atom. The van der Waals surface area contributed by atoms with Gasteiger partial charge in [-0.05, 0) is 23.8 Å². The lowest BCUT2D eigenvalue weighted by atomic mass is 10.2. The van der Waals surface area contributed by atoms with E-state index >= 15 is 0 Å². The molecule has 0 radical (unpaired) electrons. The van der Waals surface area contributed by atoms with Crippen molar-refractivity contribution < 1.29 is 4.39 Å². The molecule has 4 heteroatoms. The zero-order valence-electron chi connectivity index (χ0n) is 14.0. The van der Waals surface area contributed by atoms with E-state index in [1.807, 2.05) is 65.4 Å². The fourth-order valence-corrected chi connectivity index (χ4v) is 3.69. The van der Waals surface area contributed by atoms with Gasteiger partial charge in [0.2, 0.25) is 0 Å². The molecule has 0 aliphatic rings. The van der Waals surface area contributed by atoms with Crippen molar-refractivity contribution in [1.29, 1.82) is 0 Å². The van der Waals surface area contributed by atoms with Gasteiger partial charge in [-0.2, -0.15) is 0 Å². The molecule has 0 aliphatic heterocycles. The average Bonchev–Trinajstić information content (AvgIpc) is 3.12. The molecule has 0 N–H and O–H groups in total. The standard InChI is InChI=1S/C22H17FN2S/c23-19-12-7-13-20(14-19)25-15-21(18-10-5-2-6-11-18)24-22(25)26-16-17-8-3-1-4-9-17/h1-15H,16H2. The Balaban J connectivity index is 1.71. The van der Waals surface area contributed by atoms with Crippen LogP contribution in [0.2, 0.25) is 0 Å². The summed E-state index contributed by atoms with van der Waals surface area (Å²) < 4.78 is 15.7. The molecule has 0 fully saturated rings. The number of rotatable bonds is 5. The van der Waals surface area contributed by atoms with Crippen LogP contribution in [0.1, 0.15) is 5.56 Å². The van der Waals surface area contributed by atoms with E-state index in [2.05, 4.69) is 12.1 Å². The molecule has 0 spiro atoms. The van der Waals surface area contributed by atoms with Gasteiger partial charge in [0, 0.05) is 17.5 Å². The molecule has 26 heavy (non-hydrogen) atoms. The number of aromatic nitrogens is 2. The van der Waals surface area contributed by atoms with Crippen LogP contribution < -0.4 is 0 Å². The van der Waals surface area contributed by atoms with E-state index in [9.17, 15) is 4.39 Å². The predicted octanol–water partition coefficient (Wildman–Crippen LogP) is 5.97. The third-order valence-electron chi connectivity index (χ3n) is 4.04. The van der Waals surface area contributed by atoms with Gasteiger partial charge >= 0.3 is 0 Å². The van der Waals surface area contributed by atoms with E-state index < -0.39 is 0 Å². The van der Waals surface area contributed by atoms with Gasteiger partial charge in [0.05, 0.1) is 11.4 Å². The molecule has 128 valence electrons. The van der Waals surface area contributed by atoms with Crippen LogP contribution in [0.4, 0.5) is 4.39 Å². The van der Waals surface area contributed by atoms with Gasteiger partial charge in [0.1, 0.15) is 5.82 Å². The number of thioether (sulfide) groups is 1. The lowest BCUT2D eigenvalue weighted by Crippen LogP contribution is -1.95. The number of hydrogen-bond acceptors (Lipinski definition) is 2. The quantitative estimate of drug-likeness (QED) is 0.408. The summed E-state index contributed by atoms with van der Waals surface area (Å²) in [4.78, 5) is 4.81. The fraction of sp³-hybridized carbons (Fsp3) is 0.0455. The van der Waals surface area contributed by atoms with E-state index in [-0.39, 0.29) is 5.82 Å². The molecule has 4 aromatic rings. The van der Waals surface area contributed by atoms with Crippen molar-refractivity contribution >= 4 is 11.8 Å². The van der Waals surface area contributed by atoms with Crippen molar-refractivity contribution in [1.82, 2.24) is 9.55 Å². The maximum Gasteiger partial charge on any atom is 0.173 e. The number of benzene rings is 3. The second-order valence-electron chi connectivity index (χ2n) is 5.90. The molecule has 0 atom stereocenters. The van der Waals surface area contributed by atoms with Crippen molar-refractivity contribution in [2.24, 2.45) is 0 Å². The monoisotopic (exact) mass is 360 g/mol. The lowest BCUT2D eigenvalue weighted by molar-refractivity contribution is 0.626. The Bertz CT molecular complexity index is 997. The van der Waals surface area contributed by atoms with Crippen LogP contribution in [0.3, 0.4) is 0 Å². The predicted molar refractivity (Wildman–Crippen MR) is 105 cm³/mol. The Morgan fingerprint density at radius 3 is 2.31 bits per heavy atom. The third-order valence-corrected chi connectivity index (χ3v) is 5.06. The number of imidazole rings is 1. The molecule has 0 amide bonds. The molecule has 2 nitrogen and oxygen atoms in total. The van der Waals surface area contributed by atoms with E-state index in [4.69, 9.17) is 4.98 Å². The highest BCUT2D eigenvalue weighted by molar-refractivity contribution is 7.98. The van der Waals surface area contributed by atoms with Crippen molar-refractivity contribution in [3.63, 3.8) is 0 Å². The van der Waals surface area contributed by atoms with Gasteiger partial charge in [-0.3, -0.25) is 4.57 Å². The largest absolute Gasteiger partial charge is 0.294 e. The second kappa shape index (κ2) is 7.58. The Morgan fingerprint density at radius 2 is 1.58 bits per heavy atom. The zero-order chi connectivity index (χ0) is 17.8. The van der Waals surface area contributed by atoms with Crippen molar-refractivity contribution in [3.8, 4) is 16.9 Å². The first kappa shape index (κ1) is 16.6. The number of nitrogens with zero attached hydrogens (tertiary/aromatic N) is 2. The maximum atomic E-state index is 13.7. The van der Waals surface area contributed by atoms with Crippen LogP contribution in [-0.2, 0) is 5.75 Å². The summed E-state index contributed by atoms with van der Waals surface area (Å²) in [5.41, 5.74) is 3.93. The molecule has 0 bridgehead atoms. The highest BCUT2D eigenvalue weighted by atomic mass is 32.2. The van der Waals surface area contributed by atoms with Crippen molar-refractivity contribution in [2.75, 3.05) is 0 Å². The highest BCUT2D eigenvalue weighted by Gasteiger charge is 2.12. The summed E-state index contributed by atoms with van der Waals surface area (Å²) in [7, 11) is 0. The summed E-state index contributed by atoms with van der Waals surface area (Å²) in [6.07, 6.45) is 1.97. The maximum absolute atomic E-state index is 13.7. The van der Waals surface area contributed by atoms with Crippen molar-refractivity contribution in [3.05, 3.63) is 103 Å². The molecular weight excluding hydrogens is 343 g/mol. The van der Waals surface area contributed by atoms with Crippen LogP contribution in [-0.4, -0.2) is 9.55 Å². The van der Waals surface area contributed by atoms with Crippen molar-refractivity contribution in [2.45, 2.75) is 10.9 Å². The first-order chi connectivity index (χ1) is 12.8. The lowest BCUT2D eigenvalue weighted by Gasteiger charge is -2.07. The summed E-state index contributed by atoms with van der Waals surface area (Å²) in [6.45, 7) is 0. The third kappa shape index (κ3) is 3.70. The smallest absolute Gasteiger partial charge is 0.173 e. The molecule has 3 aromatic carbocycles. The first-order valence-electron chi connectivity index (χ1n) is 8.37. The zero-order valence-corrected chi connectivity index (χ0v) is 14.9. The Labute approximate surface area is 156 Å². The van der Waals surface area contributed by atoms with Gasteiger partial charge < -0.3 is 0 Å². The van der Waals surface area contributed by atoms with E-state index in [0.29, 0.717) is 0 Å². The minimum Gasteiger partial charge on any atom is -0.294 e. The molecule has 4 rings (SSSR count). The van der Waals surface area contributed by atoms with Crippen LogP contribution in [0.15, 0.2) is 96.3 Å². The molecule has 0 saturated heterocycles. The topological polar surface area (TPSA) is 17.8 Å². The summed E-state index contributed by atoms with van der Waals surface area (Å²) in [5, 5.41) is 0.846. The molecule has 0 aliphatic carbocycles. The highest BCUT2D eigenvalue weighted by Crippen LogP contribution is 2.29. The van der Waals surface area contributed by atoms with Gasteiger partial charge in [0.15, 0.2) is 5.16 Å². The summed E-state index contributed by atoms with van der Waals surface area (Å²) in [5.74, 6) is 0.554. The Hall–Kier alpha value is -2.85. The normalized spacial score (nSPS) is 10.8. The molecular formula is C22H17FN2S. The number of halogens is 1. The fourth-order valence-electron chi connectivity index (χ4n) is 2.75. The van der Waals surface area contributed by atoms with E-state index in [1.165, 1.54) is 17.7 Å². The van der Waals surface area contributed by atoms with E-state index in [1.54, 1.807) is 17.8 Å². The van der Waals surface area contributed by atoms with E-state index in [0.717, 1.165) is 27.9 Å². The van der Waals surface area contributed by atoms with Crippen LogP contribution in [0, 0.1) is 5.82 Å².